The predicted molar refractivity (Wildman–Crippen MR) is 86.9 cm³/mol. The van der Waals surface area contributed by atoms with Gasteiger partial charge in [0.2, 0.25) is 10.0 Å². The molecule has 1 atom stereocenters. The van der Waals surface area contributed by atoms with Crippen LogP contribution in [0.25, 0.3) is 0 Å². The first kappa shape index (κ1) is 14.8. The molecule has 22 heavy (non-hydrogen) atoms. The number of rotatable bonds is 4. The minimum absolute atomic E-state index is 0.00691. The highest BCUT2D eigenvalue weighted by molar-refractivity contribution is 7.92. The van der Waals surface area contributed by atoms with Gasteiger partial charge in [-0.25, -0.2) is 8.42 Å². The van der Waals surface area contributed by atoms with Crippen molar-refractivity contribution in [1.29, 1.82) is 0 Å². The first-order chi connectivity index (χ1) is 10.5. The van der Waals surface area contributed by atoms with Crippen LogP contribution in [0, 0.1) is 0 Å². The lowest BCUT2D eigenvalue weighted by atomic mass is 10.1. The van der Waals surface area contributed by atoms with Crippen LogP contribution in [0.1, 0.15) is 19.4 Å². The average Bonchev–Trinajstić information content (AvgIpc) is 2.84. The van der Waals surface area contributed by atoms with Crippen molar-refractivity contribution < 1.29 is 8.42 Å². The van der Waals surface area contributed by atoms with Crippen LogP contribution in [0.2, 0.25) is 0 Å². The number of nitrogens with zero attached hydrogens (tertiary/aromatic N) is 3. The average molecular weight is 318 g/mol. The van der Waals surface area contributed by atoms with Crippen molar-refractivity contribution in [2.24, 2.45) is 0 Å². The molecule has 1 aromatic heterocycles. The van der Waals surface area contributed by atoms with Gasteiger partial charge in [-0.2, -0.15) is 0 Å². The molecular formula is C15H18N4O2S. The molecule has 6 nitrogen and oxygen atoms in total. The summed E-state index contributed by atoms with van der Waals surface area (Å²) in [5, 5.41) is 8.16. The molecule has 0 radical (unpaired) electrons. The second kappa shape index (κ2) is 5.57. The summed E-state index contributed by atoms with van der Waals surface area (Å²) in [5.41, 5.74) is 2.42. The number of hydrogen-bond donors (Lipinski definition) is 1. The minimum Gasteiger partial charge on any atom is -0.321 e. The minimum atomic E-state index is -3.33. The summed E-state index contributed by atoms with van der Waals surface area (Å²) in [5.74, 6) is 0.968. The summed E-state index contributed by atoms with van der Waals surface area (Å²) >= 11 is 0. The molecular weight excluding hydrogens is 300 g/mol. The highest BCUT2D eigenvalue weighted by Crippen LogP contribution is 2.36. The molecule has 1 aromatic carbocycles. The van der Waals surface area contributed by atoms with Gasteiger partial charge in [0.05, 0.1) is 5.75 Å². The fraction of sp³-hybridized carbons (Fsp3) is 0.333. The van der Waals surface area contributed by atoms with E-state index in [0.29, 0.717) is 6.04 Å². The fourth-order valence-electron chi connectivity index (χ4n) is 2.65. The molecule has 0 saturated heterocycles. The van der Waals surface area contributed by atoms with Crippen LogP contribution in [-0.2, 0) is 16.4 Å². The Hall–Kier alpha value is -2.15. The van der Waals surface area contributed by atoms with E-state index < -0.39 is 10.0 Å². The topological polar surface area (TPSA) is 75.2 Å². The van der Waals surface area contributed by atoms with Gasteiger partial charge in [-0.05, 0) is 44.0 Å². The van der Waals surface area contributed by atoms with Crippen molar-refractivity contribution in [2.45, 2.75) is 26.3 Å². The number of aromatic nitrogens is 2. The third kappa shape index (κ3) is 2.76. The van der Waals surface area contributed by atoms with Gasteiger partial charge in [0.25, 0.3) is 0 Å². The zero-order chi connectivity index (χ0) is 15.7. The first-order valence-corrected chi connectivity index (χ1v) is 8.87. The molecule has 0 fully saturated rings. The normalized spacial score (nSPS) is 17.4. The van der Waals surface area contributed by atoms with Gasteiger partial charge in [0.15, 0.2) is 11.6 Å². The Morgan fingerprint density at radius 2 is 2.00 bits per heavy atom. The lowest BCUT2D eigenvalue weighted by molar-refractivity contribution is 0.602. The van der Waals surface area contributed by atoms with E-state index in [2.05, 4.69) is 38.9 Å². The summed E-state index contributed by atoms with van der Waals surface area (Å²) in [4.78, 5) is 2.13. The van der Waals surface area contributed by atoms with Gasteiger partial charge in [-0.1, -0.05) is 18.2 Å². The third-order valence-electron chi connectivity index (χ3n) is 3.74. The summed E-state index contributed by atoms with van der Waals surface area (Å²) in [6, 6.07) is 11.9. The van der Waals surface area contributed by atoms with Crippen LogP contribution in [0.4, 0.5) is 17.3 Å². The van der Waals surface area contributed by atoms with E-state index >= 15 is 0 Å². The molecule has 2 heterocycles. The zero-order valence-corrected chi connectivity index (χ0v) is 13.3. The number of fused-ring (bicyclic) bond motifs is 1. The van der Waals surface area contributed by atoms with Gasteiger partial charge < -0.3 is 4.90 Å². The van der Waals surface area contributed by atoms with Crippen LogP contribution in [-0.4, -0.2) is 30.4 Å². The van der Waals surface area contributed by atoms with Crippen molar-refractivity contribution in [3.05, 3.63) is 42.0 Å². The number of para-hydroxylation sites is 1. The number of hydrogen-bond acceptors (Lipinski definition) is 5. The maximum absolute atomic E-state index is 11.5. The second-order valence-electron chi connectivity index (χ2n) is 5.33. The van der Waals surface area contributed by atoms with Crippen LogP contribution in [0.15, 0.2) is 36.4 Å². The Morgan fingerprint density at radius 3 is 2.68 bits per heavy atom. The molecule has 0 amide bonds. The van der Waals surface area contributed by atoms with E-state index in [4.69, 9.17) is 0 Å². The fourth-order valence-corrected chi connectivity index (χ4v) is 3.23. The molecule has 116 valence electrons. The van der Waals surface area contributed by atoms with Gasteiger partial charge in [0.1, 0.15) is 0 Å². The molecule has 2 aromatic rings. The Bertz CT molecular complexity index is 774. The Labute approximate surface area is 130 Å². The van der Waals surface area contributed by atoms with E-state index in [-0.39, 0.29) is 11.6 Å². The van der Waals surface area contributed by atoms with Crippen molar-refractivity contribution in [1.82, 2.24) is 10.2 Å². The third-order valence-corrected chi connectivity index (χ3v) is 5.02. The molecule has 1 unspecified atom stereocenters. The van der Waals surface area contributed by atoms with Gasteiger partial charge >= 0.3 is 0 Å². The van der Waals surface area contributed by atoms with Crippen LogP contribution < -0.4 is 9.62 Å². The van der Waals surface area contributed by atoms with E-state index in [1.165, 1.54) is 5.56 Å². The smallest absolute Gasteiger partial charge is 0.233 e. The Kier molecular flexibility index (Phi) is 3.74. The van der Waals surface area contributed by atoms with Crippen molar-refractivity contribution in [3.8, 4) is 0 Å². The zero-order valence-electron chi connectivity index (χ0n) is 12.5. The van der Waals surface area contributed by atoms with Gasteiger partial charge in [-0.3, -0.25) is 4.72 Å². The summed E-state index contributed by atoms with van der Waals surface area (Å²) in [6.45, 7) is 3.71. The number of sulfonamides is 1. The molecule has 0 spiro atoms. The molecule has 0 saturated carbocycles. The molecule has 0 aliphatic carbocycles. The highest BCUT2D eigenvalue weighted by Gasteiger charge is 2.27. The van der Waals surface area contributed by atoms with Crippen LogP contribution >= 0.6 is 0 Å². The molecule has 1 aliphatic rings. The SMILES string of the molecule is CCS(=O)(=O)Nc1ccc(N2c3ccccc3CC2C)nn1. The van der Waals surface area contributed by atoms with Gasteiger partial charge in [0, 0.05) is 11.7 Å². The van der Waals surface area contributed by atoms with Crippen molar-refractivity contribution >= 4 is 27.3 Å². The summed E-state index contributed by atoms with van der Waals surface area (Å²) in [6.07, 6.45) is 0.960. The number of benzene rings is 1. The summed E-state index contributed by atoms with van der Waals surface area (Å²) in [7, 11) is -3.33. The van der Waals surface area contributed by atoms with Crippen molar-refractivity contribution in [2.75, 3.05) is 15.4 Å². The van der Waals surface area contributed by atoms with Crippen LogP contribution in [0.3, 0.4) is 0 Å². The Morgan fingerprint density at radius 1 is 1.23 bits per heavy atom. The predicted octanol–water partition coefficient (Wildman–Crippen LogP) is 2.32. The largest absolute Gasteiger partial charge is 0.321 e. The Balaban J connectivity index is 1.88. The molecule has 7 heteroatoms. The van der Waals surface area contributed by atoms with E-state index in [9.17, 15) is 8.42 Å². The lowest BCUT2D eigenvalue weighted by Gasteiger charge is -2.23. The van der Waals surface area contributed by atoms with E-state index in [1.807, 2.05) is 12.1 Å². The van der Waals surface area contributed by atoms with E-state index in [1.54, 1.807) is 19.1 Å². The van der Waals surface area contributed by atoms with Gasteiger partial charge in [-0.15, -0.1) is 10.2 Å². The number of anilines is 3. The maximum Gasteiger partial charge on any atom is 0.233 e. The van der Waals surface area contributed by atoms with Crippen LogP contribution in [0.5, 0.6) is 0 Å². The van der Waals surface area contributed by atoms with Crippen molar-refractivity contribution in [3.63, 3.8) is 0 Å². The first-order valence-electron chi connectivity index (χ1n) is 7.21. The molecule has 1 aliphatic heterocycles. The second-order valence-corrected chi connectivity index (χ2v) is 7.35. The maximum atomic E-state index is 11.5. The molecule has 1 N–H and O–H groups in total. The highest BCUT2D eigenvalue weighted by atomic mass is 32.2. The summed E-state index contributed by atoms with van der Waals surface area (Å²) < 4.78 is 25.5. The monoisotopic (exact) mass is 318 g/mol. The van der Waals surface area contributed by atoms with E-state index in [0.717, 1.165) is 17.9 Å². The molecule has 0 bridgehead atoms. The molecule has 3 rings (SSSR count). The quantitative estimate of drug-likeness (QED) is 0.936. The lowest BCUT2D eigenvalue weighted by Crippen LogP contribution is -2.25. The standard InChI is InChI=1S/C15H18N4O2S/c1-3-22(20,21)18-14-8-9-15(17-16-14)19-11(2)10-12-6-4-5-7-13(12)19/h4-9,11H,3,10H2,1-2H3,(H,16,18). The number of nitrogens with one attached hydrogen (secondary N) is 1.